The fraction of sp³-hybridized carbons (Fsp3) is 0.476. The van der Waals surface area contributed by atoms with E-state index in [-0.39, 0.29) is 23.8 Å². The summed E-state index contributed by atoms with van der Waals surface area (Å²) in [5.41, 5.74) is 3.19. The van der Waals surface area contributed by atoms with Gasteiger partial charge in [-0.25, -0.2) is 4.68 Å². The van der Waals surface area contributed by atoms with Gasteiger partial charge in [0.05, 0.1) is 35.8 Å². The number of nitrogens with zero attached hydrogens (tertiary/aromatic N) is 6. The van der Waals surface area contributed by atoms with Crippen LogP contribution in [0.4, 0.5) is 5.69 Å². The first kappa shape index (κ1) is 20.2. The molecule has 4 rings (SSSR count). The number of hydrogen-bond donors (Lipinski definition) is 0. The molecule has 9 heteroatoms. The molecule has 30 heavy (non-hydrogen) atoms. The number of rotatable bonds is 5. The molecular weight excluding hydrogens is 384 g/mol. The standard InChI is InChI=1S/C21H26N6O3/c1-13-6-7-18(24-23-13)20-17(14(2)30-25-20)12-27-19(28)8-15(9-22-27)26-10-16(11-26)29-21(3,4)5/h6-9,16H,10-12H2,1-5H3. The molecule has 1 aliphatic rings. The molecule has 0 unspecified atom stereocenters. The van der Waals surface area contributed by atoms with E-state index < -0.39 is 0 Å². The lowest BCUT2D eigenvalue weighted by Crippen LogP contribution is -2.54. The van der Waals surface area contributed by atoms with Crippen molar-refractivity contribution < 1.29 is 9.26 Å². The van der Waals surface area contributed by atoms with E-state index in [1.165, 1.54) is 4.68 Å². The zero-order valence-electron chi connectivity index (χ0n) is 17.9. The Hall–Kier alpha value is -3.07. The Kier molecular flexibility index (Phi) is 5.15. The summed E-state index contributed by atoms with van der Waals surface area (Å²) in [5.74, 6) is 0.620. The molecule has 158 valence electrons. The topological polar surface area (TPSA) is 99.2 Å². The molecule has 3 aromatic rings. The Morgan fingerprint density at radius 2 is 1.97 bits per heavy atom. The zero-order chi connectivity index (χ0) is 21.5. The molecule has 9 nitrogen and oxygen atoms in total. The number of hydrogen-bond acceptors (Lipinski definition) is 8. The monoisotopic (exact) mass is 410 g/mol. The minimum absolute atomic E-state index is 0.172. The molecular formula is C21H26N6O3. The first-order valence-electron chi connectivity index (χ1n) is 9.95. The quantitative estimate of drug-likeness (QED) is 0.632. The minimum Gasteiger partial charge on any atom is -0.369 e. The summed E-state index contributed by atoms with van der Waals surface area (Å²) in [6.07, 6.45) is 1.88. The van der Waals surface area contributed by atoms with Crippen molar-refractivity contribution in [3.05, 3.63) is 51.8 Å². The Morgan fingerprint density at radius 3 is 2.60 bits per heavy atom. The normalized spacial score (nSPS) is 14.8. The molecule has 1 aliphatic heterocycles. The maximum atomic E-state index is 12.7. The van der Waals surface area contributed by atoms with Gasteiger partial charge in [-0.1, -0.05) is 5.16 Å². The van der Waals surface area contributed by atoms with Crippen LogP contribution in [-0.4, -0.2) is 49.9 Å². The van der Waals surface area contributed by atoms with Crippen LogP contribution in [0.15, 0.2) is 33.7 Å². The van der Waals surface area contributed by atoms with Crippen molar-refractivity contribution in [3.8, 4) is 11.4 Å². The van der Waals surface area contributed by atoms with Gasteiger partial charge in [0.1, 0.15) is 17.1 Å². The Morgan fingerprint density at radius 1 is 1.20 bits per heavy atom. The molecule has 0 bridgehead atoms. The molecule has 0 saturated carbocycles. The fourth-order valence-electron chi connectivity index (χ4n) is 3.39. The van der Waals surface area contributed by atoms with Gasteiger partial charge < -0.3 is 14.2 Å². The predicted octanol–water partition coefficient (Wildman–Crippen LogP) is 2.36. The van der Waals surface area contributed by atoms with Gasteiger partial charge in [-0.15, -0.1) is 5.10 Å². The second-order valence-corrected chi connectivity index (χ2v) is 8.59. The van der Waals surface area contributed by atoms with E-state index >= 15 is 0 Å². The third kappa shape index (κ3) is 4.25. The highest BCUT2D eigenvalue weighted by atomic mass is 16.5. The summed E-state index contributed by atoms with van der Waals surface area (Å²) in [7, 11) is 0. The molecule has 0 N–H and O–H groups in total. The summed E-state index contributed by atoms with van der Waals surface area (Å²) >= 11 is 0. The molecule has 3 aromatic heterocycles. The van der Waals surface area contributed by atoms with Gasteiger partial charge in [0.15, 0.2) is 0 Å². The molecule has 0 atom stereocenters. The van der Waals surface area contributed by atoms with Crippen LogP contribution in [0.25, 0.3) is 11.4 Å². The molecule has 0 aromatic carbocycles. The molecule has 0 radical (unpaired) electrons. The summed E-state index contributed by atoms with van der Waals surface area (Å²) in [5, 5.41) is 16.7. The van der Waals surface area contributed by atoms with Gasteiger partial charge >= 0.3 is 0 Å². The van der Waals surface area contributed by atoms with Crippen LogP contribution < -0.4 is 10.5 Å². The molecule has 0 spiro atoms. The average Bonchev–Trinajstić information content (AvgIpc) is 3.00. The van der Waals surface area contributed by atoms with Gasteiger partial charge in [0, 0.05) is 24.7 Å². The predicted molar refractivity (Wildman–Crippen MR) is 111 cm³/mol. The maximum absolute atomic E-state index is 12.7. The van der Waals surface area contributed by atoms with Gasteiger partial charge in [0.2, 0.25) is 0 Å². The summed E-state index contributed by atoms with van der Waals surface area (Å²) in [4.78, 5) is 14.8. The number of aryl methyl sites for hydroxylation is 2. The lowest BCUT2D eigenvalue weighted by molar-refractivity contribution is -0.0701. The van der Waals surface area contributed by atoms with E-state index in [1.807, 2.05) is 46.8 Å². The number of ether oxygens (including phenoxy) is 1. The first-order chi connectivity index (χ1) is 14.2. The van der Waals surface area contributed by atoms with Gasteiger partial charge in [0.25, 0.3) is 5.56 Å². The van der Waals surface area contributed by atoms with Crippen LogP contribution in [0.5, 0.6) is 0 Å². The van der Waals surface area contributed by atoms with Crippen molar-refractivity contribution >= 4 is 5.69 Å². The molecule has 1 saturated heterocycles. The first-order valence-corrected chi connectivity index (χ1v) is 9.95. The smallest absolute Gasteiger partial charge is 0.269 e. The van der Waals surface area contributed by atoms with Gasteiger partial charge in [-0.2, -0.15) is 10.2 Å². The number of aromatic nitrogens is 5. The summed E-state index contributed by atoms with van der Waals surface area (Å²) in [6, 6.07) is 5.30. The van der Waals surface area contributed by atoms with E-state index in [0.717, 1.165) is 30.0 Å². The van der Waals surface area contributed by atoms with Crippen LogP contribution in [0.2, 0.25) is 0 Å². The van der Waals surface area contributed by atoms with E-state index in [2.05, 4.69) is 25.4 Å². The minimum atomic E-state index is -0.186. The Balaban J connectivity index is 1.50. The van der Waals surface area contributed by atoms with Gasteiger partial charge in [-0.3, -0.25) is 4.79 Å². The fourth-order valence-corrected chi connectivity index (χ4v) is 3.39. The third-order valence-corrected chi connectivity index (χ3v) is 4.92. The van der Waals surface area contributed by atoms with Crippen molar-refractivity contribution in [2.75, 3.05) is 18.0 Å². The second-order valence-electron chi connectivity index (χ2n) is 8.59. The second kappa shape index (κ2) is 7.64. The van der Waals surface area contributed by atoms with E-state index in [4.69, 9.17) is 9.26 Å². The van der Waals surface area contributed by atoms with E-state index in [1.54, 1.807) is 12.3 Å². The van der Waals surface area contributed by atoms with Crippen LogP contribution in [-0.2, 0) is 11.3 Å². The van der Waals surface area contributed by atoms with Crippen molar-refractivity contribution in [1.82, 2.24) is 25.1 Å². The lowest BCUT2D eigenvalue weighted by atomic mass is 10.1. The van der Waals surface area contributed by atoms with E-state index in [9.17, 15) is 4.79 Å². The van der Waals surface area contributed by atoms with Gasteiger partial charge in [-0.05, 0) is 46.8 Å². The van der Waals surface area contributed by atoms with Crippen molar-refractivity contribution in [3.63, 3.8) is 0 Å². The third-order valence-electron chi connectivity index (χ3n) is 4.92. The Labute approximate surface area is 174 Å². The van der Waals surface area contributed by atoms with Crippen LogP contribution in [0.3, 0.4) is 0 Å². The molecule has 4 heterocycles. The SMILES string of the molecule is Cc1ccc(-c2noc(C)c2Cn2ncc(N3CC(OC(C)(C)C)C3)cc2=O)nn1. The molecule has 0 aliphatic carbocycles. The van der Waals surface area contributed by atoms with Crippen molar-refractivity contribution in [1.29, 1.82) is 0 Å². The Bertz CT molecular complexity index is 1090. The average molecular weight is 410 g/mol. The summed E-state index contributed by atoms with van der Waals surface area (Å²) < 4.78 is 12.7. The maximum Gasteiger partial charge on any atom is 0.269 e. The molecule has 0 amide bonds. The van der Waals surface area contributed by atoms with Crippen LogP contribution in [0, 0.1) is 13.8 Å². The van der Waals surface area contributed by atoms with Crippen molar-refractivity contribution in [2.24, 2.45) is 0 Å². The summed E-state index contributed by atoms with van der Waals surface area (Å²) in [6.45, 7) is 11.6. The largest absolute Gasteiger partial charge is 0.369 e. The highest BCUT2D eigenvalue weighted by molar-refractivity contribution is 5.58. The van der Waals surface area contributed by atoms with E-state index in [0.29, 0.717) is 17.1 Å². The highest BCUT2D eigenvalue weighted by Gasteiger charge is 2.31. The van der Waals surface area contributed by atoms with Crippen LogP contribution >= 0.6 is 0 Å². The number of anilines is 1. The van der Waals surface area contributed by atoms with Crippen LogP contribution in [0.1, 0.15) is 37.8 Å². The highest BCUT2D eigenvalue weighted by Crippen LogP contribution is 2.25. The zero-order valence-corrected chi connectivity index (χ0v) is 17.9. The molecule has 1 fully saturated rings. The van der Waals surface area contributed by atoms with Crippen molar-refractivity contribution in [2.45, 2.75) is 52.9 Å². The lowest BCUT2D eigenvalue weighted by Gasteiger charge is -2.43.